The molecule has 0 aromatic rings. The summed E-state index contributed by atoms with van der Waals surface area (Å²) in [6, 6.07) is 0. The van der Waals surface area contributed by atoms with Gasteiger partial charge in [-0.05, 0) is 20.8 Å². The third kappa shape index (κ3) is 13.1. The van der Waals surface area contributed by atoms with Gasteiger partial charge in [-0.15, -0.1) is 0 Å². The Morgan fingerprint density at radius 3 is 2.06 bits per heavy atom. The van der Waals surface area contributed by atoms with Gasteiger partial charge in [0.1, 0.15) is 12.2 Å². The molecule has 0 aliphatic carbocycles. The predicted molar refractivity (Wildman–Crippen MR) is 62.9 cm³/mol. The lowest BCUT2D eigenvalue weighted by molar-refractivity contribution is -0.0232. The van der Waals surface area contributed by atoms with Gasteiger partial charge in [-0.3, -0.25) is 0 Å². The van der Waals surface area contributed by atoms with Gasteiger partial charge in [-0.2, -0.15) is 0 Å². The quantitative estimate of drug-likeness (QED) is 0.509. The van der Waals surface area contributed by atoms with E-state index in [4.69, 9.17) is 24.7 Å². The highest BCUT2D eigenvalue weighted by Gasteiger charge is 2.16. The largest absolute Gasteiger partial charge is 0.508 e. The smallest absolute Gasteiger partial charge is 0.432 e. The number of carbonyl (C=O) groups excluding carboxylic acids is 1. The molecule has 0 rings (SSSR count). The first-order valence-corrected chi connectivity index (χ1v) is 5.67. The second-order valence-electron chi connectivity index (χ2n) is 4.33. The van der Waals surface area contributed by atoms with E-state index >= 15 is 0 Å². The van der Waals surface area contributed by atoms with Crippen LogP contribution in [0.15, 0.2) is 0 Å². The van der Waals surface area contributed by atoms with Gasteiger partial charge in [0, 0.05) is 6.54 Å². The normalized spacial score (nSPS) is 11.3. The lowest BCUT2D eigenvalue weighted by atomic mass is 10.2. The van der Waals surface area contributed by atoms with Crippen molar-refractivity contribution in [1.82, 2.24) is 0 Å². The Labute approximate surface area is 102 Å². The van der Waals surface area contributed by atoms with Crippen LogP contribution >= 0.6 is 0 Å². The molecular weight excluding hydrogens is 226 g/mol. The molecule has 6 heteroatoms. The molecular formula is C11H23NO5. The van der Waals surface area contributed by atoms with E-state index in [1.807, 2.05) is 0 Å². The molecule has 0 bridgehead atoms. The molecule has 0 radical (unpaired) electrons. The van der Waals surface area contributed by atoms with E-state index in [2.05, 4.69) is 0 Å². The van der Waals surface area contributed by atoms with Crippen molar-refractivity contribution >= 4 is 6.16 Å². The average molecular weight is 249 g/mol. The van der Waals surface area contributed by atoms with Crippen molar-refractivity contribution in [3.8, 4) is 0 Å². The molecule has 6 nitrogen and oxygen atoms in total. The van der Waals surface area contributed by atoms with Crippen molar-refractivity contribution in [2.75, 3.05) is 39.6 Å². The van der Waals surface area contributed by atoms with Gasteiger partial charge in [0.25, 0.3) is 0 Å². The average Bonchev–Trinajstić information content (AvgIpc) is 2.19. The molecule has 0 aromatic carbocycles. The second kappa shape index (κ2) is 9.21. The van der Waals surface area contributed by atoms with Crippen LogP contribution in [0.25, 0.3) is 0 Å². The minimum Gasteiger partial charge on any atom is -0.432 e. The molecule has 0 saturated heterocycles. The predicted octanol–water partition coefficient (Wildman–Crippen LogP) is 0.930. The fourth-order valence-electron chi connectivity index (χ4n) is 0.869. The zero-order valence-corrected chi connectivity index (χ0v) is 10.9. The zero-order valence-electron chi connectivity index (χ0n) is 10.9. The second-order valence-corrected chi connectivity index (χ2v) is 4.33. The van der Waals surface area contributed by atoms with Gasteiger partial charge < -0.3 is 24.7 Å². The van der Waals surface area contributed by atoms with Crippen molar-refractivity contribution < 1.29 is 23.7 Å². The molecule has 0 atom stereocenters. The maximum absolute atomic E-state index is 11.1. The molecule has 17 heavy (non-hydrogen) atoms. The van der Waals surface area contributed by atoms with E-state index < -0.39 is 11.8 Å². The number of rotatable bonds is 8. The summed E-state index contributed by atoms with van der Waals surface area (Å²) >= 11 is 0. The summed E-state index contributed by atoms with van der Waals surface area (Å²) in [4.78, 5) is 11.1. The highest BCUT2D eigenvalue weighted by molar-refractivity contribution is 5.60. The van der Waals surface area contributed by atoms with Gasteiger partial charge in [0.15, 0.2) is 0 Å². The Hall–Kier alpha value is -0.850. The first-order valence-electron chi connectivity index (χ1n) is 5.67. The molecule has 0 heterocycles. The highest BCUT2D eigenvalue weighted by atomic mass is 16.7. The number of ether oxygens (including phenoxy) is 4. The molecule has 0 aromatic heterocycles. The fraction of sp³-hybridized carbons (Fsp3) is 0.909. The molecule has 0 aliphatic rings. The lowest BCUT2D eigenvalue weighted by Crippen LogP contribution is -2.25. The van der Waals surface area contributed by atoms with E-state index in [1.165, 1.54) is 0 Å². The van der Waals surface area contributed by atoms with Crippen LogP contribution in [0.1, 0.15) is 20.8 Å². The van der Waals surface area contributed by atoms with Gasteiger partial charge >= 0.3 is 6.16 Å². The molecule has 0 amide bonds. The Bertz CT molecular complexity index is 203. The van der Waals surface area contributed by atoms with E-state index in [0.29, 0.717) is 33.0 Å². The summed E-state index contributed by atoms with van der Waals surface area (Å²) < 4.78 is 20.0. The summed E-state index contributed by atoms with van der Waals surface area (Å²) in [5.41, 5.74) is 4.70. The third-order valence-corrected chi connectivity index (χ3v) is 1.47. The Morgan fingerprint density at radius 2 is 1.53 bits per heavy atom. The van der Waals surface area contributed by atoms with Crippen LogP contribution < -0.4 is 5.73 Å². The number of hydrogen-bond donors (Lipinski definition) is 1. The van der Waals surface area contributed by atoms with Crippen LogP contribution in [-0.2, 0) is 18.9 Å². The van der Waals surface area contributed by atoms with E-state index in [0.717, 1.165) is 0 Å². The van der Waals surface area contributed by atoms with Crippen LogP contribution in [0, 0.1) is 0 Å². The number of nitrogens with two attached hydrogens (primary N) is 1. The molecule has 0 fully saturated rings. The number of carbonyl (C=O) groups is 1. The molecule has 0 unspecified atom stereocenters. The zero-order chi connectivity index (χ0) is 13.1. The topological polar surface area (TPSA) is 80.0 Å². The van der Waals surface area contributed by atoms with Gasteiger partial charge in [0.05, 0.1) is 26.4 Å². The minimum absolute atomic E-state index is 0.172. The standard InChI is InChI=1S/C11H23NO5/c1-11(2,3)17-10(13)16-9-8-15-7-6-14-5-4-12/h4-9,12H2,1-3H3. The van der Waals surface area contributed by atoms with Crippen LogP contribution in [0.2, 0.25) is 0 Å². The van der Waals surface area contributed by atoms with Gasteiger partial charge in [0.2, 0.25) is 0 Å². The third-order valence-electron chi connectivity index (χ3n) is 1.47. The van der Waals surface area contributed by atoms with Crippen molar-refractivity contribution in [1.29, 1.82) is 0 Å². The Morgan fingerprint density at radius 1 is 1.00 bits per heavy atom. The summed E-state index contributed by atoms with van der Waals surface area (Å²) in [7, 11) is 0. The van der Waals surface area contributed by atoms with E-state index in [9.17, 15) is 4.79 Å². The van der Waals surface area contributed by atoms with Crippen LogP contribution in [0.4, 0.5) is 4.79 Å². The monoisotopic (exact) mass is 249 g/mol. The lowest BCUT2D eigenvalue weighted by Gasteiger charge is -2.18. The summed E-state index contributed by atoms with van der Waals surface area (Å²) in [5.74, 6) is 0. The minimum atomic E-state index is -0.680. The summed E-state index contributed by atoms with van der Waals surface area (Å²) in [6.07, 6.45) is -0.680. The van der Waals surface area contributed by atoms with Crippen LogP contribution in [-0.4, -0.2) is 51.3 Å². The van der Waals surface area contributed by atoms with Gasteiger partial charge in [-0.1, -0.05) is 0 Å². The van der Waals surface area contributed by atoms with E-state index in [1.54, 1.807) is 20.8 Å². The molecule has 0 saturated carbocycles. The first kappa shape index (κ1) is 16.1. The molecule has 2 N–H and O–H groups in total. The van der Waals surface area contributed by atoms with Crippen molar-refractivity contribution in [3.05, 3.63) is 0 Å². The molecule has 0 spiro atoms. The maximum atomic E-state index is 11.1. The Balaban J connectivity index is 3.25. The number of hydrogen-bond acceptors (Lipinski definition) is 6. The summed E-state index contributed by atoms with van der Waals surface area (Å²) in [5, 5.41) is 0. The fourth-order valence-corrected chi connectivity index (χ4v) is 0.869. The molecule has 102 valence electrons. The van der Waals surface area contributed by atoms with Gasteiger partial charge in [-0.25, -0.2) is 4.79 Å². The van der Waals surface area contributed by atoms with Crippen LogP contribution in [0.3, 0.4) is 0 Å². The molecule has 0 aliphatic heterocycles. The van der Waals surface area contributed by atoms with Crippen molar-refractivity contribution in [2.45, 2.75) is 26.4 Å². The summed E-state index contributed by atoms with van der Waals surface area (Å²) in [6.45, 7) is 7.80. The van der Waals surface area contributed by atoms with Crippen LogP contribution in [0.5, 0.6) is 0 Å². The Kier molecular flexibility index (Phi) is 8.75. The first-order chi connectivity index (χ1) is 7.95. The SMILES string of the molecule is CC(C)(C)OC(=O)OCCOCCOCCN. The van der Waals surface area contributed by atoms with Crippen molar-refractivity contribution in [3.63, 3.8) is 0 Å². The maximum Gasteiger partial charge on any atom is 0.508 e. The van der Waals surface area contributed by atoms with E-state index in [-0.39, 0.29) is 6.61 Å². The highest BCUT2D eigenvalue weighted by Crippen LogP contribution is 2.07. The van der Waals surface area contributed by atoms with Crippen molar-refractivity contribution in [2.24, 2.45) is 5.73 Å².